The van der Waals surface area contributed by atoms with E-state index in [2.05, 4.69) is 0 Å². The van der Waals surface area contributed by atoms with Crippen molar-refractivity contribution < 1.29 is 23.3 Å². The van der Waals surface area contributed by atoms with E-state index in [-0.39, 0.29) is 6.42 Å². The molecule has 1 aliphatic rings. The van der Waals surface area contributed by atoms with Crippen LogP contribution in [0.4, 0.5) is 5.69 Å². The fourth-order valence-corrected chi connectivity index (χ4v) is 5.15. The van der Waals surface area contributed by atoms with Crippen LogP contribution in [-0.2, 0) is 30.0 Å². The highest BCUT2D eigenvalue weighted by atomic mass is 32.2. The number of carbonyl (C=O) groups excluding carboxylic acids is 2. The molecule has 2 atom stereocenters. The lowest BCUT2D eigenvalue weighted by molar-refractivity contribution is -0.156. The van der Waals surface area contributed by atoms with E-state index in [4.69, 9.17) is 9.47 Å². The van der Waals surface area contributed by atoms with Crippen LogP contribution in [0.25, 0.3) is 0 Å². The number of hydrogen-bond acceptors (Lipinski definition) is 5. The Morgan fingerprint density at radius 3 is 2.07 bits per heavy atom. The van der Waals surface area contributed by atoms with Crippen molar-refractivity contribution in [3.05, 3.63) is 65.7 Å². The lowest BCUT2D eigenvalue weighted by Gasteiger charge is -2.26. The molecule has 2 aromatic carbocycles. The van der Waals surface area contributed by atoms with Gasteiger partial charge in [0.1, 0.15) is 11.0 Å². The van der Waals surface area contributed by atoms with Gasteiger partial charge in [-0.2, -0.15) is 0 Å². The summed E-state index contributed by atoms with van der Waals surface area (Å²) in [5, 5.41) is 0. The van der Waals surface area contributed by atoms with E-state index in [1.807, 2.05) is 49.4 Å². The molecular weight excluding hydrogens is 366 g/mol. The zero-order valence-electron chi connectivity index (χ0n) is 15.4. The van der Waals surface area contributed by atoms with Crippen LogP contribution < -0.4 is 4.31 Å². The molecule has 142 valence electrons. The highest BCUT2D eigenvalue weighted by molar-refractivity contribution is 7.90. The molecule has 1 saturated heterocycles. The van der Waals surface area contributed by atoms with E-state index in [1.54, 1.807) is 16.4 Å². The molecule has 3 rings (SSSR count). The van der Waals surface area contributed by atoms with Gasteiger partial charge >= 0.3 is 11.9 Å². The number of para-hydroxylation sites is 1. The molecule has 2 unspecified atom stereocenters. The second kappa shape index (κ2) is 7.52. The van der Waals surface area contributed by atoms with Gasteiger partial charge in [0, 0.05) is 6.42 Å². The van der Waals surface area contributed by atoms with Crippen LogP contribution in [0.1, 0.15) is 23.6 Å². The molecular formula is C20H21NO5S. The van der Waals surface area contributed by atoms with Gasteiger partial charge in [-0.25, -0.2) is 13.8 Å². The topological polar surface area (TPSA) is 72.9 Å². The Morgan fingerprint density at radius 1 is 1.00 bits per heavy atom. The highest BCUT2D eigenvalue weighted by Crippen LogP contribution is 2.47. The van der Waals surface area contributed by atoms with Gasteiger partial charge in [0.2, 0.25) is 0 Å². The number of ether oxygens (including phenoxy) is 2. The molecule has 0 aromatic heterocycles. The average molecular weight is 387 g/mol. The molecule has 0 amide bonds. The third-order valence-corrected chi connectivity index (χ3v) is 6.66. The number of anilines is 1. The number of nitrogens with zero attached hydrogens (tertiary/aromatic N) is 1. The number of esters is 2. The van der Waals surface area contributed by atoms with Crippen LogP contribution >= 0.6 is 0 Å². The van der Waals surface area contributed by atoms with E-state index in [1.165, 1.54) is 14.2 Å². The summed E-state index contributed by atoms with van der Waals surface area (Å²) in [5.74, 6) is -1.72. The van der Waals surface area contributed by atoms with Crippen molar-refractivity contribution in [2.75, 3.05) is 18.5 Å². The molecule has 7 heteroatoms. The Bertz CT molecular complexity index is 850. The van der Waals surface area contributed by atoms with E-state index in [0.29, 0.717) is 5.69 Å². The van der Waals surface area contributed by atoms with E-state index in [0.717, 1.165) is 11.1 Å². The van der Waals surface area contributed by atoms with Crippen LogP contribution in [0.5, 0.6) is 0 Å². The van der Waals surface area contributed by atoms with Crippen molar-refractivity contribution in [1.29, 1.82) is 0 Å². The van der Waals surface area contributed by atoms with Crippen LogP contribution in [0, 0.1) is 6.92 Å². The molecule has 0 N–H and O–H groups in total. The summed E-state index contributed by atoms with van der Waals surface area (Å²) >= 11 is 0. The highest BCUT2D eigenvalue weighted by Gasteiger charge is 2.64. The van der Waals surface area contributed by atoms with Gasteiger partial charge in [-0.3, -0.25) is 4.31 Å². The summed E-state index contributed by atoms with van der Waals surface area (Å²) in [7, 11) is 0.334. The lowest BCUT2D eigenvalue weighted by Crippen LogP contribution is -2.50. The molecule has 0 bridgehead atoms. The summed E-state index contributed by atoms with van der Waals surface area (Å²) in [6, 6.07) is 16.3. The second-order valence-electron chi connectivity index (χ2n) is 6.35. The van der Waals surface area contributed by atoms with Gasteiger partial charge in [0.15, 0.2) is 0 Å². The van der Waals surface area contributed by atoms with Gasteiger partial charge in [-0.05, 0) is 24.6 Å². The van der Waals surface area contributed by atoms with Crippen molar-refractivity contribution >= 4 is 28.6 Å². The first-order chi connectivity index (χ1) is 13.0. The molecule has 1 heterocycles. The second-order valence-corrected chi connectivity index (χ2v) is 7.94. The van der Waals surface area contributed by atoms with Crippen LogP contribution in [0.3, 0.4) is 0 Å². The fourth-order valence-electron chi connectivity index (χ4n) is 3.32. The SMILES string of the molecule is COC(=O)C1(C(=O)OC)CC(c2ccc(C)cc2)N(c2ccccc2)S1=O. The first-order valence-corrected chi connectivity index (χ1v) is 9.56. The first-order valence-electron chi connectivity index (χ1n) is 8.45. The largest absolute Gasteiger partial charge is 0.467 e. The van der Waals surface area contributed by atoms with Crippen LogP contribution in [-0.4, -0.2) is 35.1 Å². The van der Waals surface area contributed by atoms with E-state index < -0.39 is 33.7 Å². The molecule has 0 radical (unpaired) electrons. The Hall–Kier alpha value is -2.67. The third-order valence-electron chi connectivity index (χ3n) is 4.74. The fraction of sp³-hybridized carbons (Fsp3) is 0.300. The molecule has 0 saturated carbocycles. The van der Waals surface area contributed by atoms with Crippen molar-refractivity contribution in [2.24, 2.45) is 0 Å². The van der Waals surface area contributed by atoms with Crippen molar-refractivity contribution in [3.63, 3.8) is 0 Å². The van der Waals surface area contributed by atoms with Gasteiger partial charge in [-0.1, -0.05) is 48.0 Å². The van der Waals surface area contributed by atoms with E-state index in [9.17, 15) is 13.8 Å². The Morgan fingerprint density at radius 2 is 1.56 bits per heavy atom. The smallest absolute Gasteiger partial charge is 0.338 e. The average Bonchev–Trinajstić information content (AvgIpc) is 3.02. The minimum atomic E-state index is -2.02. The number of hydrogen-bond donors (Lipinski definition) is 0. The maximum absolute atomic E-state index is 13.5. The predicted octanol–water partition coefficient (Wildman–Crippen LogP) is 2.69. The maximum Gasteiger partial charge on any atom is 0.338 e. The standard InChI is InChI=1S/C20H21NO5S/c1-14-9-11-15(12-10-14)17-13-20(18(22)25-2,19(23)26-3)27(24)21(17)16-7-5-4-6-8-16/h4-12,17H,13H2,1-3H3. The monoisotopic (exact) mass is 387 g/mol. The molecule has 0 aliphatic carbocycles. The number of aryl methyl sites for hydroxylation is 1. The summed E-state index contributed by atoms with van der Waals surface area (Å²) in [6.07, 6.45) is -0.00306. The molecule has 2 aromatic rings. The Kier molecular flexibility index (Phi) is 5.32. The van der Waals surface area contributed by atoms with Gasteiger partial charge in [0.25, 0.3) is 4.75 Å². The minimum Gasteiger partial charge on any atom is -0.467 e. The van der Waals surface area contributed by atoms with Crippen molar-refractivity contribution in [1.82, 2.24) is 0 Å². The summed E-state index contributed by atoms with van der Waals surface area (Å²) in [6.45, 7) is 1.97. The normalized spacial score (nSPS) is 20.9. The zero-order valence-corrected chi connectivity index (χ0v) is 16.2. The van der Waals surface area contributed by atoms with Crippen LogP contribution in [0.15, 0.2) is 54.6 Å². The van der Waals surface area contributed by atoms with Gasteiger partial charge < -0.3 is 9.47 Å². The number of methoxy groups -OCH3 is 2. The molecule has 1 fully saturated rings. The van der Waals surface area contributed by atoms with Crippen molar-refractivity contribution in [3.8, 4) is 0 Å². The zero-order chi connectivity index (χ0) is 19.6. The number of rotatable bonds is 4. The Labute approximate surface area is 160 Å². The van der Waals surface area contributed by atoms with E-state index >= 15 is 0 Å². The third kappa shape index (κ3) is 3.12. The predicted molar refractivity (Wildman–Crippen MR) is 102 cm³/mol. The minimum absolute atomic E-state index is 0.00306. The molecule has 6 nitrogen and oxygen atoms in total. The van der Waals surface area contributed by atoms with Crippen molar-refractivity contribution in [2.45, 2.75) is 24.1 Å². The first kappa shape index (κ1) is 19.1. The van der Waals surface area contributed by atoms with Crippen LogP contribution in [0.2, 0.25) is 0 Å². The van der Waals surface area contributed by atoms with Gasteiger partial charge in [-0.15, -0.1) is 0 Å². The summed E-state index contributed by atoms with van der Waals surface area (Å²) < 4.78 is 22.9. The van der Waals surface area contributed by atoms with Gasteiger partial charge in [0.05, 0.1) is 25.9 Å². The number of carbonyl (C=O) groups is 2. The molecule has 27 heavy (non-hydrogen) atoms. The number of benzene rings is 2. The lowest BCUT2D eigenvalue weighted by atomic mass is 9.93. The Balaban J connectivity index is 2.18. The quantitative estimate of drug-likeness (QED) is 0.596. The summed E-state index contributed by atoms with van der Waals surface area (Å²) in [4.78, 5) is 25.2. The molecule has 0 spiro atoms. The maximum atomic E-state index is 13.5. The molecule has 1 aliphatic heterocycles. The summed E-state index contributed by atoms with van der Waals surface area (Å²) in [5.41, 5.74) is 2.58.